The number of H-pyrrole nitrogens is 1. The van der Waals surface area contributed by atoms with Gasteiger partial charge >= 0.3 is 12.3 Å². The Morgan fingerprint density at radius 3 is 2.58 bits per heavy atom. The number of carbonyl (C=O) groups is 1. The molecule has 0 fully saturated rings. The lowest BCUT2D eigenvalue weighted by atomic mass is 10.1. The van der Waals surface area contributed by atoms with Crippen LogP contribution >= 0.6 is 0 Å². The quantitative estimate of drug-likeness (QED) is 0.900. The molecule has 0 aliphatic carbocycles. The summed E-state index contributed by atoms with van der Waals surface area (Å²) in [7, 11) is 0. The normalized spacial score (nSPS) is 11.3. The lowest BCUT2D eigenvalue weighted by molar-refractivity contribution is -0.274. The Morgan fingerprint density at radius 1 is 1.32 bits per heavy atom. The number of carboxylic acids is 1. The van der Waals surface area contributed by atoms with Crippen LogP contribution in [-0.4, -0.2) is 27.6 Å². The Hall–Kier alpha value is -2.51. The van der Waals surface area contributed by atoms with Gasteiger partial charge in [-0.2, -0.15) is 5.10 Å². The number of aromatic carboxylic acids is 1. The highest BCUT2D eigenvalue weighted by Crippen LogP contribution is 2.32. The van der Waals surface area contributed by atoms with Gasteiger partial charge in [-0.05, 0) is 18.2 Å². The number of nitrogens with zero attached hydrogens (tertiary/aromatic N) is 1. The number of hydrogen-bond donors (Lipinski definition) is 2. The van der Waals surface area contributed by atoms with Crippen LogP contribution in [0.1, 0.15) is 10.5 Å². The number of para-hydroxylation sites is 1. The van der Waals surface area contributed by atoms with Crippen LogP contribution in [0, 0.1) is 0 Å². The molecule has 1 aromatic carbocycles. The zero-order valence-corrected chi connectivity index (χ0v) is 9.23. The van der Waals surface area contributed by atoms with Gasteiger partial charge in [-0.15, -0.1) is 13.2 Å². The van der Waals surface area contributed by atoms with Gasteiger partial charge in [0.1, 0.15) is 11.4 Å². The van der Waals surface area contributed by atoms with Crippen molar-refractivity contribution >= 4 is 5.97 Å². The second kappa shape index (κ2) is 4.63. The maximum Gasteiger partial charge on any atom is 0.573 e. The third-order valence-electron chi connectivity index (χ3n) is 2.20. The number of halogens is 3. The summed E-state index contributed by atoms with van der Waals surface area (Å²) in [5.41, 5.74) is -0.127. The van der Waals surface area contributed by atoms with Gasteiger partial charge in [0, 0.05) is 5.56 Å². The lowest BCUT2D eigenvalue weighted by Gasteiger charge is -2.11. The Balaban J connectivity index is 2.41. The van der Waals surface area contributed by atoms with Crippen molar-refractivity contribution in [2.24, 2.45) is 0 Å². The minimum atomic E-state index is -4.83. The van der Waals surface area contributed by atoms with Crippen molar-refractivity contribution in [3.63, 3.8) is 0 Å². The molecule has 0 bridgehead atoms. The maximum atomic E-state index is 12.2. The summed E-state index contributed by atoms with van der Waals surface area (Å²) in [6.45, 7) is 0. The zero-order chi connectivity index (χ0) is 14.0. The molecule has 1 aromatic heterocycles. The van der Waals surface area contributed by atoms with Crippen LogP contribution in [-0.2, 0) is 0 Å². The number of alkyl halides is 3. The Bertz CT molecular complexity index is 607. The van der Waals surface area contributed by atoms with Gasteiger partial charge < -0.3 is 9.84 Å². The summed E-state index contributed by atoms with van der Waals surface area (Å²) in [5, 5.41) is 14.6. The van der Waals surface area contributed by atoms with Crippen LogP contribution in [0.25, 0.3) is 11.3 Å². The van der Waals surface area contributed by atoms with Crippen LogP contribution in [0.4, 0.5) is 13.2 Å². The fourth-order valence-corrected chi connectivity index (χ4v) is 1.46. The number of aromatic nitrogens is 2. The van der Waals surface area contributed by atoms with Gasteiger partial charge in [-0.25, -0.2) is 4.79 Å². The van der Waals surface area contributed by atoms with E-state index in [0.717, 1.165) is 12.1 Å². The molecule has 0 aliphatic heterocycles. The highest BCUT2D eigenvalue weighted by molar-refractivity contribution is 5.87. The fraction of sp³-hybridized carbons (Fsp3) is 0.0909. The van der Waals surface area contributed by atoms with E-state index in [1.807, 2.05) is 0 Å². The molecule has 2 aromatic rings. The monoisotopic (exact) mass is 272 g/mol. The van der Waals surface area contributed by atoms with Crippen molar-refractivity contribution < 1.29 is 27.8 Å². The van der Waals surface area contributed by atoms with Crippen LogP contribution in [0.3, 0.4) is 0 Å². The fourth-order valence-electron chi connectivity index (χ4n) is 1.46. The van der Waals surface area contributed by atoms with Gasteiger partial charge in [0.15, 0.2) is 0 Å². The molecule has 0 unspecified atom stereocenters. The Kier molecular flexibility index (Phi) is 3.16. The van der Waals surface area contributed by atoms with Crippen molar-refractivity contribution in [2.75, 3.05) is 0 Å². The van der Waals surface area contributed by atoms with E-state index in [-0.39, 0.29) is 17.0 Å². The highest BCUT2D eigenvalue weighted by Gasteiger charge is 2.32. The number of hydrogen-bond acceptors (Lipinski definition) is 3. The van der Waals surface area contributed by atoms with Crippen LogP contribution in [0.2, 0.25) is 0 Å². The summed E-state index contributed by atoms with van der Waals surface area (Å²) < 4.78 is 40.5. The van der Waals surface area contributed by atoms with Crippen molar-refractivity contribution in [3.8, 4) is 17.0 Å². The molecule has 8 heteroatoms. The predicted molar refractivity (Wildman–Crippen MR) is 57.7 cm³/mol. The first-order valence-electron chi connectivity index (χ1n) is 5.00. The lowest BCUT2D eigenvalue weighted by Crippen LogP contribution is -2.17. The van der Waals surface area contributed by atoms with E-state index >= 15 is 0 Å². The van der Waals surface area contributed by atoms with Gasteiger partial charge in [0.2, 0.25) is 0 Å². The van der Waals surface area contributed by atoms with Gasteiger partial charge in [-0.1, -0.05) is 12.1 Å². The van der Waals surface area contributed by atoms with Gasteiger partial charge in [0.05, 0.1) is 5.69 Å². The number of rotatable bonds is 3. The van der Waals surface area contributed by atoms with E-state index in [0.29, 0.717) is 0 Å². The molecule has 0 saturated carbocycles. The summed E-state index contributed by atoms with van der Waals surface area (Å²) >= 11 is 0. The van der Waals surface area contributed by atoms with E-state index in [4.69, 9.17) is 5.11 Å². The van der Waals surface area contributed by atoms with Crippen molar-refractivity contribution in [1.82, 2.24) is 10.2 Å². The predicted octanol–water partition coefficient (Wildman–Crippen LogP) is 2.67. The third-order valence-corrected chi connectivity index (χ3v) is 2.20. The molecule has 19 heavy (non-hydrogen) atoms. The van der Waals surface area contributed by atoms with Crippen molar-refractivity contribution in [2.45, 2.75) is 6.36 Å². The standard InChI is InChI=1S/C11H7F3N2O3/c12-11(13,14)19-9-4-2-1-3-6(9)7-5-8(10(17)18)16-15-7/h1-5H,(H,15,16)(H,17,18). The minimum absolute atomic E-state index is 0.0450. The van der Waals surface area contributed by atoms with E-state index in [1.54, 1.807) is 0 Å². The Morgan fingerprint density at radius 2 is 2.00 bits per heavy atom. The first-order chi connectivity index (χ1) is 8.87. The van der Waals surface area contributed by atoms with E-state index < -0.39 is 18.1 Å². The van der Waals surface area contributed by atoms with E-state index in [2.05, 4.69) is 14.9 Å². The van der Waals surface area contributed by atoms with Crippen molar-refractivity contribution in [3.05, 3.63) is 36.0 Å². The molecular weight excluding hydrogens is 265 g/mol. The average Bonchev–Trinajstić information content (AvgIpc) is 2.76. The number of nitrogens with one attached hydrogen (secondary N) is 1. The minimum Gasteiger partial charge on any atom is -0.477 e. The summed E-state index contributed by atoms with van der Waals surface area (Å²) in [6.07, 6.45) is -4.83. The van der Waals surface area contributed by atoms with E-state index in [1.165, 1.54) is 18.2 Å². The van der Waals surface area contributed by atoms with Crippen LogP contribution < -0.4 is 4.74 Å². The largest absolute Gasteiger partial charge is 0.573 e. The average molecular weight is 272 g/mol. The molecule has 0 spiro atoms. The number of aromatic amines is 1. The molecule has 0 aliphatic rings. The van der Waals surface area contributed by atoms with Crippen LogP contribution in [0.15, 0.2) is 30.3 Å². The van der Waals surface area contributed by atoms with Crippen molar-refractivity contribution in [1.29, 1.82) is 0 Å². The molecule has 1 heterocycles. The first-order valence-corrected chi connectivity index (χ1v) is 5.00. The molecule has 0 radical (unpaired) electrons. The summed E-state index contributed by atoms with van der Waals surface area (Å²) in [5.74, 6) is -1.70. The number of benzene rings is 1. The van der Waals surface area contributed by atoms with Crippen LogP contribution in [0.5, 0.6) is 5.75 Å². The molecule has 2 N–H and O–H groups in total. The van der Waals surface area contributed by atoms with Gasteiger partial charge in [0.25, 0.3) is 0 Å². The summed E-state index contributed by atoms with van der Waals surface area (Å²) in [6, 6.07) is 6.46. The molecule has 100 valence electrons. The number of ether oxygens (including phenoxy) is 1. The topological polar surface area (TPSA) is 75.2 Å². The third kappa shape index (κ3) is 3.03. The second-order valence-electron chi connectivity index (χ2n) is 3.52. The molecule has 0 atom stereocenters. The SMILES string of the molecule is O=C(O)c1cc(-c2ccccc2OC(F)(F)F)n[nH]1. The molecule has 0 amide bonds. The molecule has 2 rings (SSSR count). The smallest absolute Gasteiger partial charge is 0.477 e. The van der Waals surface area contributed by atoms with E-state index in [9.17, 15) is 18.0 Å². The molecular formula is C11H7F3N2O3. The molecule has 5 nitrogen and oxygen atoms in total. The van der Waals surface area contributed by atoms with Gasteiger partial charge in [-0.3, -0.25) is 5.10 Å². The zero-order valence-electron chi connectivity index (χ0n) is 9.23. The second-order valence-corrected chi connectivity index (χ2v) is 3.52. The number of carboxylic acid groups (broad SMARTS) is 1. The Labute approximate surface area is 104 Å². The first kappa shape index (κ1) is 12.9. The highest BCUT2D eigenvalue weighted by atomic mass is 19.4. The molecule has 0 saturated heterocycles. The summed E-state index contributed by atoms with van der Waals surface area (Å²) in [4.78, 5) is 10.7. The maximum absolute atomic E-state index is 12.2.